The van der Waals surface area contributed by atoms with E-state index in [2.05, 4.69) is 21.2 Å². The molecule has 4 nitrogen and oxygen atoms in total. The van der Waals surface area contributed by atoms with Crippen LogP contribution in [-0.4, -0.2) is 11.0 Å². The number of nitriles is 1. The first kappa shape index (κ1) is 17.5. The number of carbonyl (C=O) groups excluding carboxylic acids is 1. The number of aromatic hydroxyl groups is 1. The van der Waals surface area contributed by atoms with Crippen LogP contribution in [0, 0.1) is 14.9 Å². The molecule has 6 heteroatoms. The van der Waals surface area contributed by atoms with Gasteiger partial charge in [0.05, 0.1) is 3.57 Å². The molecule has 1 amide bonds. The van der Waals surface area contributed by atoms with Crippen molar-refractivity contribution < 1.29 is 9.90 Å². The van der Waals surface area contributed by atoms with Crippen LogP contribution in [0.4, 0.5) is 0 Å². The second kappa shape index (κ2) is 8.13. The van der Waals surface area contributed by atoms with Crippen LogP contribution in [0.1, 0.15) is 11.1 Å². The zero-order valence-electron chi connectivity index (χ0n) is 11.9. The third-order valence-corrected chi connectivity index (χ3v) is 4.30. The summed E-state index contributed by atoms with van der Waals surface area (Å²) in [5.74, 6) is -0.442. The van der Waals surface area contributed by atoms with E-state index in [4.69, 9.17) is 0 Å². The van der Waals surface area contributed by atoms with Crippen LogP contribution >= 0.6 is 38.5 Å². The maximum Gasteiger partial charge on any atom is 0.262 e. The second-order valence-corrected chi connectivity index (χ2v) is 6.74. The van der Waals surface area contributed by atoms with Crippen molar-refractivity contribution in [3.8, 4) is 11.8 Å². The molecule has 0 saturated carbocycles. The Kier molecular flexibility index (Phi) is 6.19. The number of halogens is 2. The molecule has 116 valence electrons. The second-order valence-electron chi connectivity index (χ2n) is 4.66. The molecule has 0 radical (unpaired) electrons. The van der Waals surface area contributed by atoms with E-state index < -0.39 is 5.91 Å². The van der Waals surface area contributed by atoms with Crippen molar-refractivity contribution in [2.75, 3.05) is 0 Å². The average Bonchev–Trinajstić information content (AvgIpc) is 2.55. The number of carbonyl (C=O) groups is 1. The van der Waals surface area contributed by atoms with E-state index in [-0.39, 0.29) is 11.3 Å². The number of benzene rings is 2. The number of hydrogen-bond donors (Lipinski definition) is 2. The minimum atomic E-state index is -0.481. The molecule has 0 aliphatic rings. The van der Waals surface area contributed by atoms with Crippen molar-refractivity contribution in [1.29, 1.82) is 5.26 Å². The first-order chi connectivity index (χ1) is 11.0. The SMILES string of the molecule is N#C/C(=C\c1cc(Br)cc(I)c1O)C(=O)NCc1ccccc1. The van der Waals surface area contributed by atoms with Gasteiger partial charge in [-0.2, -0.15) is 5.26 Å². The van der Waals surface area contributed by atoms with Gasteiger partial charge >= 0.3 is 0 Å². The lowest BCUT2D eigenvalue weighted by atomic mass is 10.1. The van der Waals surface area contributed by atoms with E-state index in [9.17, 15) is 15.2 Å². The van der Waals surface area contributed by atoms with E-state index in [0.29, 0.717) is 15.7 Å². The molecule has 0 fully saturated rings. The Morgan fingerprint density at radius 1 is 1.35 bits per heavy atom. The quantitative estimate of drug-likeness (QED) is 0.393. The fourth-order valence-electron chi connectivity index (χ4n) is 1.87. The van der Waals surface area contributed by atoms with Crippen molar-refractivity contribution in [3.05, 3.63) is 67.2 Å². The molecule has 0 aliphatic carbocycles. The predicted octanol–water partition coefficient (Wildman–Crippen LogP) is 3.98. The number of nitrogens with one attached hydrogen (secondary N) is 1. The summed E-state index contributed by atoms with van der Waals surface area (Å²) in [5, 5.41) is 21.9. The van der Waals surface area contributed by atoms with E-state index in [1.54, 1.807) is 12.1 Å². The smallest absolute Gasteiger partial charge is 0.262 e. The van der Waals surface area contributed by atoms with Gasteiger partial charge in [0.1, 0.15) is 17.4 Å². The summed E-state index contributed by atoms with van der Waals surface area (Å²) in [6.07, 6.45) is 1.38. The van der Waals surface area contributed by atoms with Gasteiger partial charge < -0.3 is 10.4 Å². The predicted molar refractivity (Wildman–Crippen MR) is 100 cm³/mol. The van der Waals surface area contributed by atoms with Crippen LogP contribution in [0.2, 0.25) is 0 Å². The standard InChI is InChI=1S/C17H12BrIN2O2/c18-14-7-12(16(22)15(19)8-14)6-13(9-20)17(23)21-10-11-4-2-1-3-5-11/h1-8,22H,10H2,(H,21,23)/b13-6+. The highest BCUT2D eigenvalue weighted by Crippen LogP contribution is 2.30. The van der Waals surface area contributed by atoms with Gasteiger partial charge in [-0.15, -0.1) is 0 Å². The Bertz CT molecular complexity index is 798. The van der Waals surface area contributed by atoms with Gasteiger partial charge in [-0.1, -0.05) is 46.3 Å². The molecule has 0 bridgehead atoms. The number of rotatable bonds is 4. The summed E-state index contributed by atoms with van der Waals surface area (Å²) in [4.78, 5) is 12.1. The summed E-state index contributed by atoms with van der Waals surface area (Å²) in [7, 11) is 0. The van der Waals surface area contributed by atoms with Gasteiger partial charge in [-0.05, 0) is 46.4 Å². The molecule has 0 unspecified atom stereocenters. The zero-order valence-corrected chi connectivity index (χ0v) is 15.6. The number of amides is 1. The van der Waals surface area contributed by atoms with Gasteiger partial charge in [0.25, 0.3) is 5.91 Å². The monoisotopic (exact) mass is 482 g/mol. The minimum absolute atomic E-state index is 0.0393. The maximum atomic E-state index is 12.1. The van der Waals surface area contributed by atoms with Gasteiger partial charge in [-0.3, -0.25) is 4.79 Å². The molecule has 2 N–H and O–H groups in total. The van der Waals surface area contributed by atoms with E-state index in [0.717, 1.165) is 10.0 Å². The molecule has 23 heavy (non-hydrogen) atoms. The van der Waals surface area contributed by atoms with Gasteiger partial charge in [0.2, 0.25) is 0 Å². The van der Waals surface area contributed by atoms with Crippen molar-refractivity contribution in [1.82, 2.24) is 5.32 Å². The molecular weight excluding hydrogens is 471 g/mol. The highest BCUT2D eigenvalue weighted by molar-refractivity contribution is 14.1. The van der Waals surface area contributed by atoms with Crippen LogP contribution in [0.25, 0.3) is 6.08 Å². The Labute approximate surface area is 156 Å². The Hall–Kier alpha value is -1.85. The largest absolute Gasteiger partial charge is 0.506 e. The molecule has 0 saturated heterocycles. The number of phenolic OH excluding ortho intramolecular Hbond substituents is 1. The molecule has 0 spiro atoms. The van der Waals surface area contributed by atoms with Crippen molar-refractivity contribution in [3.63, 3.8) is 0 Å². The van der Waals surface area contributed by atoms with Crippen LogP contribution in [0.15, 0.2) is 52.5 Å². The Balaban J connectivity index is 2.19. The first-order valence-corrected chi connectivity index (χ1v) is 8.50. The molecule has 0 aliphatic heterocycles. The van der Waals surface area contributed by atoms with E-state index >= 15 is 0 Å². The summed E-state index contributed by atoms with van der Waals surface area (Å²) in [6, 6.07) is 14.7. The van der Waals surface area contributed by atoms with Crippen LogP contribution < -0.4 is 5.32 Å². The summed E-state index contributed by atoms with van der Waals surface area (Å²) >= 11 is 5.31. The molecule has 2 aromatic carbocycles. The highest BCUT2D eigenvalue weighted by Gasteiger charge is 2.12. The zero-order chi connectivity index (χ0) is 16.8. The minimum Gasteiger partial charge on any atom is -0.506 e. The molecule has 0 aromatic heterocycles. The van der Waals surface area contributed by atoms with Gasteiger partial charge in [-0.25, -0.2) is 0 Å². The van der Waals surface area contributed by atoms with E-state index in [1.807, 2.05) is 59.0 Å². The Morgan fingerprint density at radius 2 is 2.04 bits per heavy atom. The van der Waals surface area contributed by atoms with Crippen LogP contribution in [0.5, 0.6) is 5.75 Å². The van der Waals surface area contributed by atoms with Crippen molar-refractivity contribution in [2.24, 2.45) is 0 Å². The third kappa shape index (κ3) is 4.81. The first-order valence-electron chi connectivity index (χ1n) is 6.63. The van der Waals surface area contributed by atoms with Crippen LogP contribution in [0.3, 0.4) is 0 Å². The molecule has 2 rings (SSSR count). The highest BCUT2D eigenvalue weighted by atomic mass is 127. The number of nitrogens with zero attached hydrogens (tertiary/aromatic N) is 1. The van der Waals surface area contributed by atoms with Gasteiger partial charge in [0.15, 0.2) is 0 Å². The van der Waals surface area contributed by atoms with Gasteiger partial charge in [0, 0.05) is 16.6 Å². The molecule has 2 aromatic rings. The summed E-state index contributed by atoms with van der Waals surface area (Å²) < 4.78 is 1.39. The lowest BCUT2D eigenvalue weighted by Gasteiger charge is -2.06. The van der Waals surface area contributed by atoms with Crippen LogP contribution in [-0.2, 0) is 11.3 Å². The fourth-order valence-corrected chi connectivity index (χ4v) is 3.42. The third-order valence-electron chi connectivity index (χ3n) is 3.02. The summed E-state index contributed by atoms with van der Waals surface area (Å²) in [5.41, 5.74) is 1.29. The normalized spacial score (nSPS) is 10.9. The fraction of sp³-hybridized carbons (Fsp3) is 0.0588. The molecule has 0 atom stereocenters. The topological polar surface area (TPSA) is 73.1 Å². The summed E-state index contributed by atoms with van der Waals surface area (Å²) in [6.45, 7) is 0.334. The number of hydrogen-bond acceptors (Lipinski definition) is 3. The molecule has 0 heterocycles. The van der Waals surface area contributed by atoms with E-state index in [1.165, 1.54) is 6.08 Å². The average molecular weight is 483 g/mol. The lowest BCUT2D eigenvalue weighted by Crippen LogP contribution is -2.23. The lowest BCUT2D eigenvalue weighted by molar-refractivity contribution is -0.117. The number of phenols is 1. The Morgan fingerprint density at radius 3 is 2.70 bits per heavy atom. The van der Waals surface area contributed by atoms with Crippen molar-refractivity contribution in [2.45, 2.75) is 6.54 Å². The van der Waals surface area contributed by atoms with Crippen molar-refractivity contribution >= 4 is 50.5 Å². The molecular formula is C17H12BrIN2O2. The maximum absolute atomic E-state index is 12.1.